The second-order valence-electron chi connectivity index (χ2n) is 4.74. The smallest absolute Gasteiger partial charge is 0.277 e. The zero-order valence-corrected chi connectivity index (χ0v) is 13.8. The molecule has 0 aliphatic rings. The van der Waals surface area contributed by atoms with Crippen LogP contribution in [0.3, 0.4) is 0 Å². The molecule has 0 aliphatic carbocycles. The first kappa shape index (κ1) is 16.4. The highest BCUT2D eigenvalue weighted by Crippen LogP contribution is 2.26. The van der Waals surface area contributed by atoms with E-state index in [9.17, 15) is 9.90 Å². The predicted molar refractivity (Wildman–Crippen MR) is 92.2 cm³/mol. The van der Waals surface area contributed by atoms with Crippen molar-refractivity contribution >= 4 is 35.0 Å². The monoisotopic (exact) mass is 361 g/mol. The minimum Gasteiger partial charge on any atom is -0.506 e. The van der Waals surface area contributed by atoms with Gasteiger partial charge in [-0.1, -0.05) is 41.6 Å². The highest BCUT2D eigenvalue weighted by molar-refractivity contribution is 7.99. The lowest BCUT2D eigenvalue weighted by Crippen LogP contribution is -2.14. The summed E-state index contributed by atoms with van der Waals surface area (Å²) in [6, 6.07) is 13.6. The third-order valence-electron chi connectivity index (χ3n) is 2.98. The number of phenols is 1. The summed E-state index contributed by atoms with van der Waals surface area (Å²) in [5.41, 5.74) is 1.06. The van der Waals surface area contributed by atoms with Gasteiger partial charge in [-0.25, -0.2) is 0 Å². The van der Waals surface area contributed by atoms with E-state index in [2.05, 4.69) is 15.5 Å². The van der Waals surface area contributed by atoms with Gasteiger partial charge in [0.15, 0.2) is 0 Å². The number of rotatable bonds is 5. The number of aromatic hydroxyl groups is 1. The number of halogens is 1. The van der Waals surface area contributed by atoms with Gasteiger partial charge in [0.2, 0.25) is 11.8 Å². The molecule has 0 bridgehead atoms. The molecular weight excluding hydrogens is 350 g/mol. The van der Waals surface area contributed by atoms with Crippen LogP contribution >= 0.6 is 23.4 Å². The quantitative estimate of drug-likeness (QED) is 0.530. The first-order valence-corrected chi connectivity index (χ1v) is 8.28. The summed E-state index contributed by atoms with van der Waals surface area (Å²) in [6.07, 6.45) is 0. The molecule has 1 aromatic heterocycles. The number of anilines is 1. The van der Waals surface area contributed by atoms with Gasteiger partial charge in [0, 0.05) is 10.6 Å². The maximum absolute atomic E-state index is 11.9. The van der Waals surface area contributed by atoms with Crippen LogP contribution in [-0.2, 0) is 4.79 Å². The average molecular weight is 362 g/mol. The summed E-state index contributed by atoms with van der Waals surface area (Å²) in [4.78, 5) is 11.9. The molecule has 0 saturated heterocycles. The lowest BCUT2D eigenvalue weighted by Gasteiger charge is -2.05. The molecule has 0 radical (unpaired) electrons. The minimum absolute atomic E-state index is 0.0110. The van der Waals surface area contributed by atoms with Crippen molar-refractivity contribution in [3.8, 4) is 17.2 Å². The van der Waals surface area contributed by atoms with Gasteiger partial charge in [-0.05, 0) is 30.3 Å². The highest BCUT2D eigenvalue weighted by Gasteiger charge is 2.12. The normalized spacial score (nSPS) is 10.5. The van der Waals surface area contributed by atoms with Gasteiger partial charge in [0.05, 0.1) is 11.4 Å². The number of hydrogen-bond donors (Lipinski definition) is 2. The number of para-hydroxylation sites is 2. The fraction of sp³-hybridized carbons (Fsp3) is 0.0625. The molecule has 122 valence electrons. The summed E-state index contributed by atoms with van der Waals surface area (Å²) in [5.74, 6) is 0.132. The second kappa shape index (κ2) is 7.37. The number of thioether (sulfide) groups is 1. The van der Waals surface area contributed by atoms with Crippen LogP contribution in [0, 0.1) is 0 Å². The zero-order valence-electron chi connectivity index (χ0n) is 12.3. The minimum atomic E-state index is -0.288. The molecule has 0 unspecified atom stereocenters. The van der Waals surface area contributed by atoms with E-state index in [-0.39, 0.29) is 22.6 Å². The van der Waals surface area contributed by atoms with Crippen LogP contribution in [0.25, 0.3) is 11.5 Å². The Bertz CT molecular complexity index is 869. The Morgan fingerprint density at radius 3 is 2.83 bits per heavy atom. The summed E-state index contributed by atoms with van der Waals surface area (Å²) in [6.45, 7) is 0. The maximum atomic E-state index is 11.9. The summed E-state index contributed by atoms with van der Waals surface area (Å²) < 4.78 is 5.50. The van der Waals surface area contributed by atoms with Gasteiger partial charge in [0.1, 0.15) is 5.75 Å². The zero-order chi connectivity index (χ0) is 16.9. The Morgan fingerprint density at radius 1 is 1.21 bits per heavy atom. The number of amides is 1. The van der Waals surface area contributed by atoms with Crippen LogP contribution in [-0.4, -0.2) is 27.0 Å². The molecule has 6 nitrogen and oxygen atoms in total. The van der Waals surface area contributed by atoms with Crippen molar-refractivity contribution in [2.75, 3.05) is 11.1 Å². The number of hydrogen-bond acceptors (Lipinski definition) is 6. The molecule has 1 heterocycles. The van der Waals surface area contributed by atoms with Crippen LogP contribution in [0.1, 0.15) is 0 Å². The molecule has 0 aliphatic heterocycles. The van der Waals surface area contributed by atoms with E-state index in [1.807, 2.05) is 0 Å². The Hall–Kier alpha value is -2.51. The molecule has 2 N–H and O–H groups in total. The Kier molecular flexibility index (Phi) is 5.02. The predicted octanol–water partition coefficient (Wildman–Crippen LogP) is 3.83. The lowest BCUT2D eigenvalue weighted by atomic mass is 10.2. The molecule has 3 aromatic rings. The number of nitrogens with zero attached hydrogens (tertiary/aromatic N) is 2. The fourth-order valence-corrected chi connectivity index (χ4v) is 2.65. The van der Waals surface area contributed by atoms with Crippen LogP contribution in [0.2, 0.25) is 5.02 Å². The van der Waals surface area contributed by atoms with Crippen LogP contribution in [0.4, 0.5) is 5.69 Å². The van der Waals surface area contributed by atoms with Crippen molar-refractivity contribution in [1.29, 1.82) is 0 Å². The Morgan fingerprint density at radius 2 is 2.04 bits per heavy atom. The van der Waals surface area contributed by atoms with Crippen molar-refractivity contribution in [3.63, 3.8) is 0 Å². The maximum Gasteiger partial charge on any atom is 0.277 e. The number of aromatic nitrogens is 2. The third kappa shape index (κ3) is 4.06. The van der Waals surface area contributed by atoms with Crippen LogP contribution in [0.15, 0.2) is 58.2 Å². The van der Waals surface area contributed by atoms with Gasteiger partial charge in [-0.2, -0.15) is 0 Å². The Balaban J connectivity index is 1.59. The van der Waals surface area contributed by atoms with Crippen molar-refractivity contribution in [2.24, 2.45) is 0 Å². The van der Waals surface area contributed by atoms with E-state index in [1.54, 1.807) is 42.5 Å². The highest BCUT2D eigenvalue weighted by atomic mass is 35.5. The SMILES string of the molecule is O=C(CSc1nnc(-c2cccc(Cl)c2)o1)Nc1ccccc1O. The van der Waals surface area contributed by atoms with Gasteiger partial charge in [-0.3, -0.25) is 4.79 Å². The van der Waals surface area contributed by atoms with Crippen molar-refractivity contribution in [2.45, 2.75) is 5.22 Å². The fourth-order valence-electron chi connectivity index (χ4n) is 1.90. The van der Waals surface area contributed by atoms with E-state index in [4.69, 9.17) is 16.0 Å². The molecule has 0 saturated carbocycles. The van der Waals surface area contributed by atoms with Gasteiger partial charge in [-0.15, -0.1) is 10.2 Å². The number of carbonyl (C=O) groups is 1. The van der Waals surface area contributed by atoms with E-state index >= 15 is 0 Å². The van der Waals surface area contributed by atoms with Crippen molar-refractivity contribution in [3.05, 3.63) is 53.6 Å². The molecule has 1 amide bonds. The van der Waals surface area contributed by atoms with E-state index < -0.39 is 0 Å². The average Bonchev–Trinajstić information content (AvgIpc) is 3.04. The van der Waals surface area contributed by atoms with Gasteiger partial charge in [0.25, 0.3) is 5.22 Å². The second-order valence-corrected chi connectivity index (χ2v) is 6.10. The van der Waals surface area contributed by atoms with Gasteiger partial charge >= 0.3 is 0 Å². The Labute approximate surface area is 146 Å². The standard InChI is InChI=1S/C16H12ClN3O3S/c17-11-5-3-4-10(8-11)15-19-20-16(23-15)24-9-14(22)18-12-6-1-2-7-13(12)21/h1-8,21H,9H2,(H,18,22). The van der Waals surface area contributed by atoms with E-state index in [1.165, 1.54) is 6.07 Å². The number of nitrogens with one attached hydrogen (secondary N) is 1. The molecule has 2 aromatic carbocycles. The number of benzene rings is 2. The molecule has 3 rings (SSSR count). The summed E-state index contributed by atoms with van der Waals surface area (Å²) >= 11 is 7.03. The molecule has 0 atom stereocenters. The van der Waals surface area contributed by atoms with Crippen LogP contribution < -0.4 is 5.32 Å². The van der Waals surface area contributed by atoms with E-state index in [0.29, 0.717) is 22.2 Å². The third-order valence-corrected chi connectivity index (χ3v) is 4.04. The lowest BCUT2D eigenvalue weighted by molar-refractivity contribution is -0.113. The summed E-state index contributed by atoms with van der Waals surface area (Å²) in [5, 5.41) is 20.9. The molecule has 0 spiro atoms. The first-order valence-electron chi connectivity index (χ1n) is 6.92. The van der Waals surface area contributed by atoms with E-state index in [0.717, 1.165) is 11.8 Å². The first-order chi connectivity index (χ1) is 11.6. The molecular formula is C16H12ClN3O3S. The molecule has 24 heavy (non-hydrogen) atoms. The summed E-state index contributed by atoms with van der Waals surface area (Å²) in [7, 11) is 0. The number of phenolic OH excluding ortho intramolecular Hbond substituents is 1. The largest absolute Gasteiger partial charge is 0.506 e. The van der Waals surface area contributed by atoms with Gasteiger partial charge < -0.3 is 14.8 Å². The van der Waals surface area contributed by atoms with Crippen LogP contribution in [0.5, 0.6) is 5.75 Å². The number of carbonyl (C=O) groups excluding carboxylic acids is 1. The topological polar surface area (TPSA) is 88.2 Å². The van der Waals surface area contributed by atoms with Crippen molar-refractivity contribution in [1.82, 2.24) is 10.2 Å². The molecule has 0 fully saturated rings. The van der Waals surface area contributed by atoms with Crippen molar-refractivity contribution < 1.29 is 14.3 Å². The molecule has 8 heteroatoms.